The minimum Gasteiger partial charge on any atom is -0.352 e. The average Bonchev–Trinajstić information content (AvgIpc) is 2.96. The fourth-order valence-electron chi connectivity index (χ4n) is 2.61. The summed E-state index contributed by atoms with van der Waals surface area (Å²) in [6.07, 6.45) is 7.70. The summed E-state index contributed by atoms with van der Waals surface area (Å²) in [6.45, 7) is 1.53. The smallest absolute Gasteiger partial charge is 0.312 e. The van der Waals surface area contributed by atoms with Gasteiger partial charge in [0.2, 0.25) is 5.91 Å². The number of carbonyl (C=O) groups excluding carboxylic acids is 2. The zero-order valence-corrected chi connectivity index (χ0v) is 11.5. The van der Waals surface area contributed by atoms with Gasteiger partial charge in [0.05, 0.1) is 6.54 Å². The summed E-state index contributed by atoms with van der Waals surface area (Å²) < 4.78 is 1.87. The van der Waals surface area contributed by atoms with Crippen molar-refractivity contribution in [3.05, 3.63) is 18.5 Å². The van der Waals surface area contributed by atoms with Crippen LogP contribution in [0, 0.1) is 0 Å². The Balaban J connectivity index is 1.87. The third-order valence-corrected chi connectivity index (χ3v) is 3.61. The molecule has 20 heavy (non-hydrogen) atoms. The summed E-state index contributed by atoms with van der Waals surface area (Å²) in [6, 6.07) is 1.44. The van der Waals surface area contributed by atoms with E-state index in [4.69, 9.17) is 5.73 Å². The fraction of sp³-hybridized carbons (Fsp3) is 0.615. The van der Waals surface area contributed by atoms with Crippen LogP contribution in [0.15, 0.2) is 18.5 Å². The number of hydrogen-bond acceptors (Lipinski definition) is 3. The van der Waals surface area contributed by atoms with Gasteiger partial charge in [-0.2, -0.15) is 5.10 Å². The van der Waals surface area contributed by atoms with Crippen molar-refractivity contribution in [1.29, 1.82) is 0 Å². The highest BCUT2D eigenvalue weighted by Crippen LogP contribution is 2.20. The molecule has 1 aliphatic heterocycles. The molecule has 1 atom stereocenters. The second kappa shape index (κ2) is 6.93. The van der Waals surface area contributed by atoms with Crippen LogP contribution in [0.5, 0.6) is 0 Å². The number of likely N-dealkylation sites (tertiary alicyclic amines) is 1. The van der Waals surface area contributed by atoms with Crippen LogP contribution < -0.4 is 11.1 Å². The number of aryl methyl sites for hydroxylation is 1. The number of nitrogens with zero attached hydrogens (tertiary/aromatic N) is 3. The largest absolute Gasteiger partial charge is 0.352 e. The molecule has 1 aromatic heterocycles. The van der Waals surface area contributed by atoms with Gasteiger partial charge in [0.1, 0.15) is 0 Å². The summed E-state index contributed by atoms with van der Waals surface area (Å²) in [4.78, 5) is 24.6. The Kier molecular flexibility index (Phi) is 4.97. The van der Waals surface area contributed by atoms with Crippen molar-refractivity contribution in [2.45, 2.75) is 38.3 Å². The molecule has 110 valence electrons. The van der Waals surface area contributed by atoms with Crippen molar-refractivity contribution in [1.82, 2.24) is 20.0 Å². The Morgan fingerprint density at radius 1 is 1.40 bits per heavy atom. The van der Waals surface area contributed by atoms with Crippen molar-refractivity contribution in [2.75, 3.05) is 13.1 Å². The van der Waals surface area contributed by atoms with Crippen LogP contribution in [0.2, 0.25) is 0 Å². The van der Waals surface area contributed by atoms with Gasteiger partial charge in [0.15, 0.2) is 0 Å². The van der Waals surface area contributed by atoms with Crippen LogP contribution in [-0.2, 0) is 11.3 Å². The van der Waals surface area contributed by atoms with Gasteiger partial charge in [-0.25, -0.2) is 4.79 Å². The third kappa shape index (κ3) is 3.97. The first-order valence-electron chi connectivity index (χ1n) is 6.97. The standard InChI is InChI=1S/C13H21N5O2/c14-13(20)15-10-12(19)18-8-2-1-4-11(18)5-9-17-7-3-6-16-17/h3,6-7,11H,1-2,4-5,8-10H2,(H3,14,15,20)/t11-/m1/s1. The molecule has 0 aliphatic carbocycles. The lowest BCUT2D eigenvalue weighted by atomic mass is 9.99. The molecule has 2 rings (SSSR count). The van der Waals surface area contributed by atoms with Crippen LogP contribution >= 0.6 is 0 Å². The van der Waals surface area contributed by atoms with Crippen LogP contribution in [0.3, 0.4) is 0 Å². The van der Waals surface area contributed by atoms with Crippen molar-refractivity contribution < 1.29 is 9.59 Å². The highest BCUT2D eigenvalue weighted by molar-refractivity contribution is 5.83. The summed E-state index contributed by atoms with van der Waals surface area (Å²) in [5, 5.41) is 6.53. The summed E-state index contributed by atoms with van der Waals surface area (Å²) in [5.74, 6) is -0.0611. The predicted molar refractivity (Wildman–Crippen MR) is 73.8 cm³/mol. The van der Waals surface area contributed by atoms with Gasteiger partial charge < -0.3 is 16.0 Å². The highest BCUT2D eigenvalue weighted by atomic mass is 16.2. The maximum absolute atomic E-state index is 12.1. The Morgan fingerprint density at radius 3 is 2.95 bits per heavy atom. The predicted octanol–water partition coefficient (Wildman–Crippen LogP) is 0.323. The van der Waals surface area contributed by atoms with E-state index in [2.05, 4.69) is 10.4 Å². The number of piperidine rings is 1. The van der Waals surface area contributed by atoms with Gasteiger partial charge in [-0.3, -0.25) is 9.48 Å². The molecular formula is C13H21N5O2. The second-order valence-electron chi connectivity index (χ2n) is 5.01. The molecule has 3 amide bonds. The molecule has 1 aliphatic rings. The van der Waals surface area contributed by atoms with Crippen molar-refractivity contribution in [3.63, 3.8) is 0 Å². The van der Waals surface area contributed by atoms with Gasteiger partial charge in [0.25, 0.3) is 0 Å². The van der Waals surface area contributed by atoms with Crippen LogP contribution in [0.1, 0.15) is 25.7 Å². The Morgan fingerprint density at radius 2 is 2.25 bits per heavy atom. The molecule has 1 saturated heterocycles. The van der Waals surface area contributed by atoms with Crippen LogP contribution in [-0.4, -0.2) is 45.8 Å². The van der Waals surface area contributed by atoms with Gasteiger partial charge >= 0.3 is 6.03 Å². The number of urea groups is 1. The SMILES string of the molecule is NC(=O)NCC(=O)N1CCCC[C@@H]1CCn1cccn1. The first-order chi connectivity index (χ1) is 9.66. The zero-order chi connectivity index (χ0) is 14.4. The number of nitrogens with one attached hydrogen (secondary N) is 1. The molecule has 0 aromatic carbocycles. The van der Waals surface area contributed by atoms with Gasteiger partial charge in [-0.05, 0) is 31.7 Å². The molecule has 2 heterocycles. The van der Waals surface area contributed by atoms with E-state index in [1.807, 2.05) is 21.8 Å². The monoisotopic (exact) mass is 279 g/mol. The maximum atomic E-state index is 12.1. The number of amides is 3. The number of aromatic nitrogens is 2. The molecule has 0 saturated carbocycles. The first-order valence-corrected chi connectivity index (χ1v) is 6.97. The molecule has 3 N–H and O–H groups in total. The fourth-order valence-corrected chi connectivity index (χ4v) is 2.61. The van der Waals surface area contributed by atoms with E-state index in [1.165, 1.54) is 0 Å². The molecule has 0 unspecified atom stereocenters. The molecule has 1 aromatic rings. The first kappa shape index (κ1) is 14.4. The quantitative estimate of drug-likeness (QED) is 0.813. The highest BCUT2D eigenvalue weighted by Gasteiger charge is 2.26. The van der Waals surface area contributed by atoms with E-state index in [-0.39, 0.29) is 18.5 Å². The maximum Gasteiger partial charge on any atom is 0.312 e. The Hall–Kier alpha value is -2.05. The van der Waals surface area contributed by atoms with Crippen molar-refractivity contribution in [3.8, 4) is 0 Å². The molecule has 7 heteroatoms. The summed E-state index contributed by atoms with van der Waals surface area (Å²) >= 11 is 0. The lowest BCUT2D eigenvalue weighted by Crippen LogP contribution is -2.49. The number of nitrogens with two attached hydrogens (primary N) is 1. The van der Waals surface area contributed by atoms with E-state index in [1.54, 1.807) is 6.20 Å². The van der Waals surface area contributed by atoms with Crippen molar-refractivity contribution in [2.24, 2.45) is 5.73 Å². The summed E-state index contributed by atoms with van der Waals surface area (Å²) in [5.41, 5.74) is 5.00. The minimum absolute atomic E-state index is 0.0202. The summed E-state index contributed by atoms with van der Waals surface area (Å²) in [7, 11) is 0. The Labute approximate surface area is 118 Å². The van der Waals surface area contributed by atoms with E-state index in [0.29, 0.717) is 0 Å². The molecule has 0 radical (unpaired) electrons. The molecular weight excluding hydrogens is 258 g/mol. The van der Waals surface area contributed by atoms with Gasteiger partial charge in [-0.1, -0.05) is 0 Å². The van der Waals surface area contributed by atoms with Gasteiger partial charge in [-0.15, -0.1) is 0 Å². The Bertz CT molecular complexity index is 446. The zero-order valence-electron chi connectivity index (χ0n) is 11.5. The number of rotatable bonds is 5. The van der Waals surface area contributed by atoms with E-state index >= 15 is 0 Å². The van der Waals surface area contributed by atoms with E-state index in [9.17, 15) is 9.59 Å². The van der Waals surface area contributed by atoms with Crippen LogP contribution in [0.4, 0.5) is 4.79 Å². The van der Waals surface area contributed by atoms with E-state index in [0.717, 1.165) is 38.8 Å². The lowest BCUT2D eigenvalue weighted by molar-refractivity contribution is -0.133. The minimum atomic E-state index is -0.663. The molecule has 0 bridgehead atoms. The normalized spacial score (nSPS) is 18.8. The number of primary amides is 1. The van der Waals surface area contributed by atoms with Crippen molar-refractivity contribution >= 4 is 11.9 Å². The second-order valence-corrected chi connectivity index (χ2v) is 5.01. The van der Waals surface area contributed by atoms with Gasteiger partial charge in [0, 0.05) is 31.5 Å². The molecule has 1 fully saturated rings. The third-order valence-electron chi connectivity index (χ3n) is 3.61. The lowest BCUT2D eigenvalue weighted by Gasteiger charge is -2.36. The van der Waals surface area contributed by atoms with Crippen LogP contribution in [0.25, 0.3) is 0 Å². The average molecular weight is 279 g/mol. The molecule has 0 spiro atoms. The molecule has 7 nitrogen and oxygen atoms in total. The van der Waals surface area contributed by atoms with E-state index < -0.39 is 6.03 Å². The number of carbonyl (C=O) groups is 2. The number of hydrogen-bond donors (Lipinski definition) is 2. The topological polar surface area (TPSA) is 93.2 Å².